The number of piperidine rings is 1. The van der Waals surface area contributed by atoms with Crippen LogP contribution in [0.15, 0.2) is 91.0 Å². The van der Waals surface area contributed by atoms with E-state index in [2.05, 4.69) is 104 Å². The third kappa shape index (κ3) is 3.50. The topological polar surface area (TPSA) is 36.8 Å². The molecule has 1 aliphatic rings. The van der Waals surface area contributed by atoms with E-state index >= 15 is 0 Å². The fraction of sp³-hybridized carbons (Fsp3) is 0.308. The Morgan fingerprint density at radius 2 is 1.07 bits per heavy atom. The van der Waals surface area contributed by atoms with Crippen molar-refractivity contribution in [3.05, 3.63) is 108 Å². The lowest BCUT2D eigenvalue weighted by Crippen LogP contribution is -2.93. The summed E-state index contributed by atoms with van der Waals surface area (Å²) in [5, 5.41) is 14.6. The van der Waals surface area contributed by atoms with Gasteiger partial charge in [0.25, 0.3) is 0 Å². The van der Waals surface area contributed by atoms with Crippen molar-refractivity contribution < 1.29 is 10.4 Å². The molecule has 1 saturated heterocycles. The minimum absolute atomic E-state index is 0.130. The number of benzene rings is 3. The number of hydrogen-bond donors (Lipinski definition) is 2. The third-order valence-electron chi connectivity index (χ3n) is 6.77. The second-order valence-electron chi connectivity index (χ2n) is 8.30. The molecule has 1 aliphatic heterocycles. The summed E-state index contributed by atoms with van der Waals surface area (Å²) in [6.45, 7) is 4.43. The largest absolute Gasteiger partial charge is 0.388 e. The van der Waals surface area contributed by atoms with E-state index in [1.807, 2.05) is 6.07 Å². The maximum Gasteiger partial charge on any atom is 0.117 e. The molecule has 0 bridgehead atoms. The Morgan fingerprint density at radius 3 is 1.50 bits per heavy atom. The number of aliphatic hydroxyl groups is 1. The van der Waals surface area contributed by atoms with Crippen molar-refractivity contribution >= 4 is 0 Å². The molecular formula is C26H30NO+. The van der Waals surface area contributed by atoms with E-state index < -0.39 is 5.60 Å². The Labute approximate surface area is 168 Å². The monoisotopic (exact) mass is 372 g/mol. The standard InChI is InChI=1S/C26H29NO/c1-19-24(22-14-8-4-9-15-22)27-25(23-16-10-5-11-17-23)20(2)26(19,28)18-21-12-6-3-7-13-21/h3-17,19-20,24-25,27-28H,18H2,1-2H3/p+1/t19-,20+,24-,25+,26?. The first-order valence-electron chi connectivity index (χ1n) is 10.3. The lowest BCUT2D eigenvalue weighted by atomic mass is 9.64. The minimum Gasteiger partial charge on any atom is -0.388 e. The van der Waals surface area contributed by atoms with E-state index in [-0.39, 0.29) is 23.9 Å². The molecule has 28 heavy (non-hydrogen) atoms. The SMILES string of the molecule is C[C@@H]1[C@H](c2ccccc2)[NH2+][C@H](c2ccccc2)[C@H](C)C1(O)Cc1ccccc1. The van der Waals surface area contributed by atoms with Crippen molar-refractivity contribution in [2.45, 2.75) is 38.0 Å². The van der Waals surface area contributed by atoms with Gasteiger partial charge in [-0.25, -0.2) is 0 Å². The van der Waals surface area contributed by atoms with Gasteiger partial charge in [-0.05, 0) is 5.56 Å². The van der Waals surface area contributed by atoms with E-state index in [0.717, 1.165) is 0 Å². The molecule has 0 amide bonds. The highest BCUT2D eigenvalue weighted by molar-refractivity contribution is 5.26. The summed E-state index contributed by atoms with van der Waals surface area (Å²) >= 11 is 0. The predicted molar refractivity (Wildman–Crippen MR) is 114 cm³/mol. The quantitative estimate of drug-likeness (QED) is 0.704. The van der Waals surface area contributed by atoms with Crippen molar-refractivity contribution in [2.75, 3.05) is 0 Å². The molecule has 3 aromatic rings. The summed E-state index contributed by atoms with van der Waals surface area (Å²) in [7, 11) is 0. The van der Waals surface area contributed by atoms with Gasteiger partial charge in [-0.1, -0.05) is 105 Å². The fourth-order valence-electron chi connectivity index (χ4n) is 4.99. The molecular weight excluding hydrogens is 342 g/mol. The van der Waals surface area contributed by atoms with E-state index in [1.54, 1.807) is 0 Å². The molecule has 2 nitrogen and oxygen atoms in total. The van der Waals surface area contributed by atoms with Gasteiger partial charge < -0.3 is 10.4 Å². The normalized spacial score (nSPS) is 30.1. The zero-order valence-corrected chi connectivity index (χ0v) is 16.7. The first-order valence-corrected chi connectivity index (χ1v) is 10.3. The smallest absolute Gasteiger partial charge is 0.117 e. The van der Waals surface area contributed by atoms with Gasteiger partial charge in [0, 0.05) is 29.4 Å². The van der Waals surface area contributed by atoms with Crippen LogP contribution >= 0.6 is 0 Å². The summed E-state index contributed by atoms with van der Waals surface area (Å²) in [6.07, 6.45) is 0.677. The third-order valence-corrected chi connectivity index (χ3v) is 6.77. The molecule has 2 heteroatoms. The Balaban J connectivity index is 1.76. The lowest BCUT2D eigenvalue weighted by molar-refractivity contribution is -0.764. The highest BCUT2D eigenvalue weighted by Gasteiger charge is 2.53. The van der Waals surface area contributed by atoms with Gasteiger partial charge in [-0.2, -0.15) is 0 Å². The summed E-state index contributed by atoms with van der Waals surface area (Å²) in [4.78, 5) is 0. The molecule has 0 aromatic heterocycles. The van der Waals surface area contributed by atoms with E-state index in [1.165, 1.54) is 16.7 Å². The molecule has 5 atom stereocenters. The highest BCUT2D eigenvalue weighted by Crippen LogP contribution is 2.44. The van der Waals surface area contributed by atoms with Crippen molar-refractivity contribution in [3.63, 3.8) is 0 Å². The van der Waals surface area contributed by atoms with Crippen LogP contribution in [0.2, 0.25) is 0 Å². The fourth-order valence-corrected chi connectivity index (χ4v) is 4.99. The van der Waals surface area contributed by atoms with Crippen LogP contribution in [0, 0.1) is 11.8 Å². The van der Waals surface area contributed by atoms with Gasteiger partial charge in [0.1, 0.15) is 12.1 Å². The zero-order valence-electron chi connectivity index (χ0n) is 16.7. The molecule has 0 saturated carbocycles. The minimum atomic E-state index is -0.781. The Bertz CT molecular complexity index is 827. The van der Waals surface area contributed by atoms with E-state index in [0.29, 0.717) is 6.42 Å². The van der Waals surface area contributed by atoms with Gasteiger partial charge in [-0.3, -0.25) is 0 Å². The summed E-state index contributed by atoms with van der Waals surface area (Å²) in [6, 6.07) is 32.1. The molecule has 1 fully saturated rings. The first-order chi connectivity index (χ1) is 13.6. The van der Waals surface area contributed by atoms with Crippen LogP contribution in [0.1, 0.15) is 42.6 Å². The number of quaternary nitrogens is 1. The second kappa shape index (κ2) is 7.90. The van der Waals surface area contributed by atoms with Crippen molar-refractivity contribution in [1.82, 2.24) is 0 Å². The summed E-state index contributed by atoms with van der Waals surface area (Å²) in [5.41, 5.74) is 2.99. The van der Waals surface area contributed by atoms with Crippen LogP contribution in [0.3, 0.4) is 0 Å². The molecule has 0 radical (unpaired) electrons. The van der Waals surface area contributed by atoms with Crippen LogP contribution in [-0.4, -0.2) is 10.7 Å². The Kier molecular flexibility index (Phi) is 5.34. The van der Waals surface area contributed by atoms with Crippen molar-refractivity contribution in [2.24, 2.45) is 11.8 Å². The predicted octanol–water partition coefficient (Wildman–Crippen LogP) is 4.29. The maximum atomic E-state index is 12.1. The van der Waals surface area contributed by atoms with Crippen LogP contribution in [0.4, 0.5) is 0 Å². The number of nitrogens with two attached hydrogens (primary N) is 1. The van der Waals surface area contributed by atoms with Crippen LogP contribution in [0.5, 0.6) is 0 Å². The number of hydrogen-bond acceptors (Lipinski definition) is 1. The lowest BCUT2D eigenvalue weighted by Gasteiger charge is -2.49. The van der Waals surface area contributed by atoms with Crippen molar-refractivity contribution in [3.8, 4) is 0 Å². The molecule has 1 heterocycles. The molecule has 3 aromatic carbocycles. The van der Waals surface area contributed by atoms with Crippen LogP contribution < -0.4 is 5.32 Å². The van der Waals surface area contributed by atoms with Crippen LogP contribution in [0.25, 0.3) is 0 Å². The van der Waals surface area contributed by atoms with Gasteiger partial charge >= 0.3 is 0 Å². The van der Waals surface area contributed by atoms with Gasteiger partial charge in [0.15, 0.2) is 0 Å². The Morgan fingerprint density at radius 1 is 0.679 bits per heavy atom. The summed E-state index contributed by atoms with van der Waals surface area (Å²) < 4.78 is 0. The highest BCUT2D eigenvalue weighted by atomic mass is 16.3. The second-order valence-corrected chi connectivity index (χ2v) is 8.30. The van der Waals surface area contributed by atoms with E-state index in [4.69, 9.17) is 0 Å². The van der Waals surface area contributed by atoms with E-state index in [9.17, 15) is 5.11 Å². The maximum absolute atomic E-state index is 12.1. The first kappa shape index (κ1) is 18.9. The summed E-state index contributed by atoms with van der Waals surface area (Å²) in [5.74, 6) is 0.259. The zero-order chi connectivity index (χ0) is 19.6. The Hall–Kier alpha value is -2.42. The molecule has 0 aliphatic carbocycles. The van der Waals surface area contributed by atoms with Gasteiger partial charge in [0.2, 0.25) is 0 Å². The van der Waals surface area contributed by atoms with Gasteiger partial charge in [-0.15, -0.1) is 0 Å². The van der Waals surface area contributed by atoms with Crippen molar-refractivity contribution in [1.29, 1.82) is 0 Å². The van der Waals surface area contributed by atoms with Crippen LogP contribution in [-0.2, 0) is 6.42 Å². The average Bonchev–Trinajstić information content (AvgIpc) is 2.75. The molecule has 4 rings (SSSR count). The molecule has 1 unspecified atom stereocenters. The molecule has 0 spiro atoms. The molecule has 3 N–H and O–H groups in total. The average molecular weight is 373 g/mol. The van der Waals surface area contributed by atoms with Gasteiger partial charge in [0.05, 0.1) is 5.60 Å². The number of rotatable bonds is 4. The molecule has 144 valence electrons.